The third-order valence-electron chi connectivity index (χ3n) is 7.53. The average Bonchev–Trinajstić information content (AvgIpc) is 3.58. The molecule has 0 saturated carbocycles. The molecule has 1 unspecified atom stereocenters. The zero-order valence-electron chi connectivity index (χ0n) is 20.5. The Morgan fingerprint density at radius 3 is 2.83 bits per heavy atom. The van der Waals surface area contributed by atoms with Crippen molar-refractivity contribution in [2.24, 2.45) is 5.92 Å². The van der Waals surface area contributed by atoms with Crippen LogP contribution in [0.2, 0.25) is 0 Å². The van der Waals surface area contributed by atoms with E-state index >= 15 is 0 Å². The molecule has 6 rings (SSSR count). The number of piperazine rings is 1. The molecular formula is C28H32N4O3S. The molecule has 4 heterocycles. The van der Waals surface area contributed by atoms with Crippen molar-refractivity contribution in [2.75, 3.05) is 57.5 Å². The Hall–Kier alpha value is -3.10. The van der Waals surface area contributed by atoms with Crippen LogP contribution in [0.1, 0.15) is 24.8 Å². The lowest BCUT2D eigenvalue weighted by atomic mass is 9.94. The van der Waals surface area contributed by atoms with Gasteiger partial charge in [0.2, 0.25) is 12.7 Å². The van der Waals surface area contributed by atoms with Crippen LogP contribution >= 0.6 is 11.5 Å². The van der Waals surface area contributed by atoms with Crippen molar-refractivity contribution in [3.05, 3.63) is 54.1 Å². The minimum absolute atomic E-state index is 0.0986. The molecule has 2 saturated heterocycles. The number of aromatic nitrogens is 1. The number of benzene rings is 2. The summed E-state index contributed by atoms with van der Waals surface area (Å²) in [6, 6.07) is 14.3. The molecule has 0 radical (unpaired) electrons. The van der Waals surface area contributed by atoms with Gasteiger partial charge in [0.25, 0.3) is 0 Å². The summed E-state index contributed by atoms with van der Waals surface area (Å²) in [5.41, 5.74) is 0.950. The first-order chi connectivity index (χ1) is 17.7. The highest BCUT2D eigenvalue weighted by molar-refractivity contribution is 7.13. The van der Waals surface area contributed by atoms with Gasteiger partial charge in [-0.2, -0.15) is 4.37 Å². The fourth-order valence-electron chi connectivity index (χ4n) is 5.44. The predicted octanol–water partition coefficient (Wildman–Crippen LogP) is 4.49. The molecule has 0 aliphatic carbocycles. The highest BCUT2D eigenvalue weighted by Gasteiger charge is 2.25. The van der Waals surface area contributed by atoms with Gasteiger partial charge in [0, 0.05) is 50.7 Å². The summed E-state index contributed by atoms with van der Waals surface area (Å²) in [4.78, 5) is 19.9. The number of carbonyl (C=O) groups is 1. The summed E-state index contributed by atoms with van der Waals surface area (Å²) in [7, 11) is 0. The molecule has 188 valence electrons. The second kappa shape index (κ2) is 10.5. The lowest BCUT2D eigenvalue weighted by Gasteiger charge is -2.37. The van der Waals surface area contributed by atoms with E-state index in [2.05, 4.69) is 34.1 Å². The van der Waals surface area contributed by atoms with E-state index in [1.807, 2.05) is 29.2 Å². The number of anilines is 1. The second-order valence-corrected chi connectivity index (χ2v) is 10.7. The zero-order chi connectivity index (χ0) is 24.3. The fourth-order valence-corrected chi connectivity index (χ4v) is 6.24. The molecule has 1 amide bonds. The summed E-state index contributed by atoms with van der Waals surface area (Å²) in [5.74, 6) is 3.31. The maximum Gasteiger partial charge on any atom is 0.246 e. The standard InChI is InChI=1S/C28H32N4O3S/c33-27(10-8-21-7-9-24-25(18-21)35-20-34-24)32-12-3-4-22(19-32)11-13-30-14-16-31(17-15-30)28-23-5-1-2-6-26(23)36-29-28/h1-2,5-10,18,22H,3-4,11-17,19-20H2. The van der Waals surface area contributed by atoms with E-state index < -0.39 is 0 Å². The number of piperidine rings is 1. The SMILES string of the molecule is O=C(C=Cc1ccc2c(c1)OCO2)N1CCCC(CCN2CCN(c3nsc4ccccc34)CC2)C1. The molecule has 3 aliphatic rings. The minimum Gasteiger partial charge on any atom is -0.454 e. The van der Waals surface area contributed by atoms with E-state index in [9.17, 15) is 4.79 Å². The number of fused-ring (bicyclic) bond motifs is 2. The number of nitrogens with zero attached hydrogens (tertiary/aromatic N) is 4. The van der Waals surface area contributed by atoms with Crippen molar-refractivity contribution in [2.45, 2.75) is 19.3 Å². The maximum absolute atomic E-state index is 12.9. The van der Waals surface area contributed by atoms with Crippen LogP contribution < -0.4 is 14.4 Å². The lowest BCUT2D eigenvalue weighted by molar-refractivity contribution is -0.127. The predicted molar refractivity (Wildman–Crippen MR) is 144 cm³/mol. The largest absolute Gasteiger partial charge is 0.454 e. The van der Waals surface area contributed by atoms with Crippen LogP contribution in [-0.2, 0) is 4.79 Å². The summed E-state index contributed by atoms with van der Waals surface area (Å²) in [6.07, 6.45) is 7.01. The topological polar surface area (TPSA) is 58.1 Å². The van der Waals surface area contributed by atoms with Gasteiger partial charge in [0.1, 0.15) is 5.82 Å². The van der Waals surface area contributed by atoms with Gasteiger partial charge in [0.15, 0.2) is 11.5 Å². The number of hydrogen-bond donors (Lipinski definition) is 0. The fraction of sp³-hybridized carbons (Fsp3) is 0.429. The second-order valence-electron chi connectivity index (χ2n) is 9.86. The summed E-state index contributed by atoms with van der Waals surface area (Å²) >= 11 is 1.59. The van der Waals surface area contributed by atoms with Gasteiger partial charge in [-0.25, -0.2) is 0 Å². The van der Waals surface area contributed by atoms with Crippen LogP contribution in [0.15, 0.2) is 48.5 Å². The monoisotopic (exact) mass is 504 g/mol. The first-order valence-electron chi connectivity index (χ1n) is 12.9. The Kier molecular flexibility index (Phi) is 6.79. The molecule has 0 N–H and O–H groups in total. The quantitative estimate of drug-likeness (QED) is 0.461. The summed E-state index contributed by atoms with van der Waals surface area (Å²) in [5, 5.41) is 1.27. The number of hydrogen-bond acceptors (Lipinski definition) is 7. The van der Waals surface area contributed by atoms with Crippen molar-refractivity contribution in [1.82, 2.24) is 14.2 Å². The van der Waals surface area contributed by atoms with Crippen molar-refractivity contribution in [3.8, 4) is 11.5 Å². The van der Waals surface area contributed by atoms with Gasteiger partial charge in [0.05, 0.1) is 4.70 Å². The molecule has 0 bridgehead atoms. The Labute approximate surface area is 216 Å². The van der Waals surface area contributed by atoms with Gasteiger partial charge in [-0.3, -0.25) is 9.69 Å². The van der Waals surface area contributed by atoms with Crippen molar-refractivity contribution in [1.29, 1.82) is 0 Å². The van der Waals surface area contributed by atoms with Crippen LogP contribution in [0.4, 0.5) is 5.82 Å². The molecule has 36 heavy (non-hydrogen) atoms. The highest BCUT2D eigenvalue weighted by Crippen LogP contribution is 2.33. The Bertz CT molecular complexity index is 1250. The first kappa shape index (κ1) is 23.3. The summed E-state index contributed by atoms with van der Waals surface area (Å²) in [6.45, 7) is 7.25. The molecule has 1 atom stereocenters. The minimum atomic E-state index is 0.0986. The molecule has 1 aromatic heterocycles. The molecule has 3 aliphatic heterocycles. The number of amides is 1. The van der Waals surface area contributed by atoms with E-state index in [4.69, 9.17) is 13.8 Å². The molecular weight excluding hydrogens is 472 g/mol. The van der Waals surface area contributed by atoms with Crippen LogP contribution in [-0.4, -0.2) is 72.7 Å². The van der Waals surface area contributed by atoms with Gasteiger partial charge in [-0.05, 0) is 79.2 Å². The van der Waals surface area contributed by atoms with E-state index in [0.717, 1.165) is 81.5 Å². The smallest absolute Gasteiger partial charge is 0.246 e. The van der Waals surface area contributed by atoms with Gasteiger partial charge in [-0.1, -0.05) is 18.2 Å². The van der Waals surface area contributed by atoms with Crippen molar-refractivity contribution < 1.29 is 14.3 Å². The van der Waals surface area contributed by atoms with Crippen LogP contribution in [0.3, 0.4) is 0 Å². The van der Waals surface area contributed by atoms with Gasteiger partial charge < -0.3 is 19.3 Å². The third kappa shape index (κ3) is 5.06. The number of rotatable bonds is 6. The first-order valence-corrected chi connectivity index (χ1v) is 13.7. The van der Waals surface area contributed by atoms with E-state index in [1.54, 1.807) is 17.6 Å². The van der Waals surface area contributed by atoms with E-state index in [0.29, 0.717) is 5.92 Å². The van der Waals surface area contributed by atoms with Crippen LogP contribution in [0.25, 0.3) is 16.2 Å². The lowest BCUT2D eigenvalue weighted by Crippen LogP contribution is -2.47. The van der Waals surface area contributed by atoms with Crippen LogP contribution in [0.5, 0.6) is 11.5 Å². The average molecular weight is 505 g/mol. The van der Waals surface area contributed by atoms with Gasteiger partial charge in [-0.15, -0.1) is 0 Å². The number of carbonyl (C=O) groups excluding carboxylic acids is 1. The Morgan fingerprint density at radius 1 is 1.06 bits per heavy atom. The van der Waals surface area contributed by atoms with Crippen LogP contribution in [0, 0.1) is 5.92 Å². The molecule has 3 aromatic rings. The summed E-state index contributed by atoms with van der Waals surface area (Å²) < 4.78 is 16.8. The highest BCUT2D eigenvalue weighted by atomic mass is 32.1. The molecule has 7 nitrogen and oxygen atoms in total. The Morgan fingerprint density at radius 2 is 1.92 bits per heavy atom. The maximum atomic E-state index is 12.9. The van der Waals surface area contributed by atoms with E-state index in [-0.39, 0.29) is 12.7 Å². The van der Waals surface area contributed by atoms with E-state index in [1.165, 1.54) is 16.5 Å². The number of ether oxygens (including phenoxy) is 2. The molecule has 2 aromatic carbocycles. The normalized spacial score (nSPS) is 20.5. The molecule has 0 spiro atoms. The third-order valence-corrected chi connectivity index (χ3v) is 8.35. The van der Waals surface area contributed by atoms with Gasteiger partial charge >= 0.3 is 0 Å². The Balaban J connectivity index is 0.969. The number of likely N-dealkylation sites (tertiary alicyclic amines) is 1. The molecule has 8 heteroatoms. The zero-order valence-corrected chi connectivity index (χ0v) is 21.3. The van der Waals surface area contributed by atoms with Crippen molar-refractivity contribution in [3.63, 3.8) is 0 Å². The van der Waals surface area contributed by atoms with Crippen molar-refractivity contribution >= 4 is 39.4 Å². The molecule has 2 fully saturated rings.